The maximum Gasteiger partial charge on any atom is 0.288 e. The minimum atomic E-state index is -3.80. The number of hydrogen-bond acceptors (Lipinski definition) is 9. The Kier molecular flexibility index (Phi) is 5.72. The van der Waals surface area contributed by atoms with E-state index >= 15 is 0 Å². The maximum absolute atomic E-state index is 12.6. The molecule has 0 atom stereocenters. The summed E-state index contributed by atoms with van der Waals surface area (Å²) in [6.07, 6.45) is 0.871. The molecular formula is C16H12N4O5S3. The predicted molar refractivity (Wildman–Crippen MR) is 105 cm³/mol. The molecule has 0 aliphatic heterocycles. The Labute approximate surface area is 167 Å². The third-order valence-corrected chi connectivity index (χ3v) is 6.49. The Morgan fingerprint density at radius 3 is 2.64 bits per heavy atom. The van der Waals surface area contributed by atoms with Gasteiger partial charge in [-0.25, -0.2) is 8.42 Å². The topological polar surface area (TPSA) is 132 Å². The SMILES string of the molecule is CS(=O)(=O)c1ccc(C(=O)Nc2ccccc2Sc2nncs2)cc1[N+](=O)[O-]. The fourth-order valence-electron chi connectivity index (χ4n) is 2.27. The first kappa shape index (κ1) is 19.9. The number of anilines is 1. The Balaban J connectivity index is 1.90. The van der Waals surface area contributed by atoms with Crippen molar-refractivity contribution in [1.29, 1.82) is 0 Å². The van der Waals surface area contributed by atoms with Crippen LogP contribution in [0.3, 0.4) is 0 Å². The van der Waals surface area contributed by atoms with Gasteiger partial charge in [0.1, 0.15) is 10.4 Å². The van der Waals surface area contributed by atoms with E-state index < -0.39 is 31.3 Å². The van der Waals surface area contributed by atoms with Gasteiger partial charge in [0, 0.05) is 22.8 Å². The summed E-state index contributed by atoms with van der Waals surface area (Å²) in [6.45, 7) is 0. The van der Waals surface area contributed by atoms with Crippen molar-refractivity contribution in [1.82, 2.24) is 10.2 Å². The van der Waals surface area contributed by atoms with Gasteiger partial charge in [0.25, 0.3) is 11.6 Å². The fraction of sp³-hybridized carbons (Fsp3) is 0.0625. The van der Waals surface area contributed by atoms with Crippen LogP contribution in [0.15, 0.2) is 62.1 Å². The molecule has 28 heavy (non-hydrogen) atoms. The van der Waals surface area contributed by atoms with Gasteiger partial charge in [-0.05, 0) is 24.3 Å². The smallest absolute Gasteiger partial charge is 0.288 e. The molecule has 1 N–H and O–H groups in total. The molecule has 0 saturated heterocycles. The third-order valence-electron chi connectivity index (χ3n) is 3.49. The second-order valence-corrected chi connectivity index (χ2v) is 9.58. The molecule has 0 spiro atoms. The van der Waals surface area contributed by atoms with Gasteiger partial charge in [0.05, 0.1) is 10.6 Å². The highest BCUT2D eigenvalue weighted by atomic mass is 32.2. The van der Waals surface area contributed by atoms with Crippen LogP contribution in [0.2, 0.25) is 0 Å². The lowest BCUT2D eigenvalue weighted by Gasteiger charge is -2.10. The van der Waals surface area contributed by atoms with E-state index in [-0.39, 0.29) is 5.56 Å². The number of nitrogens with zero attached hydrogens (tertiary/aromatic N) is 3. The molecule has 0 saturated carbocycles. The zero-order valence-corrected chi connectivity index (χ0v) is 16.7. The van der Waals surface area contributed by atoms with Crippen LogP contribution < -0.4 is 5.32 Å². The van der Waals surface area contributed by atoms with Gasteiger partial charge in [0.15, 0.2) is 14.2 Å². The minimum absolute atomic E-state index is 0.0326. The number of para-hydroxylation sites is 1. The van der Waals surface area contributed by atoms with Crippen molar-refractivity contribution in [2.45, 2.75) is 14.1 Å². The molecule has 1 amide bonds. The van der Waals surface area contributed by atoms with E-state index in [4.69, 9.17) is 0 Å². The molecule has 0 unspecified atom stereocenters. The van der Waals surface area contributed by atoms with Crippen LogP contribution in [0.1, 0.15) is 10.4 Å². The highest BCUT2D eigenvalue weighted by Crippen LogP contribution is 2.34. The molecule has 144 valence electrons. The van der Waals surface area contributed by atoms with Gasteiger partial charge in [-0.3, -0.25) is 14.9 Å². The van der Waals surface area contributed by atoms with Crippen molar-refractivity contribution in [3.8, 4) is 0 Å². The summed E-state index contributed by atoms with van der Waals surface area (Å²) in [4.78, 5) is 23.3. The molecule has 0 aliphatic carbocycles. The molecule has 9 nitrogen and oxygen atoms in total. The van der Waals surface area contributed by atoms with E-state index in [0.717, 1.165) is 23.3 Å². The zero-order valence-electron chi connectivity index (χ0n) is 14.2. The summed E-state index contributed by atoms with van der Waals surface area (Å²) in [6, 6.07) is 10.2. The first-order valence-electron chi connectivity index (χ1n) is 7.58. The molecule has 2 aromatic carbocycles. The average Bonchev–Trinajstić information content (AvgIpc) is 3.15. The Hall–Kier alpha value is -2.83. The Morgan fingerprint density at radius 2 is 2.00 bits per heavy atom. The number of rotatable bonds is 6. The monoisotopic (exact) mass is 436 g/mol. The highest BCUT2D eigenvalue weighted by Gasteiger charge is 2.24. The molecule has 1 aromatic heterocycles. The molecule has 12 heteroatoms. The number of amides is 1. The summed E-state index contributed by atoms with van der Waals surface area (Å²) in [5.41, 5.74) is 1.40. The van der Waals surface area contributed by atoms with Gasteiger partial charge >= 0.3 is 0 Å². The van der Waals surface area contributed by atoms with Crippen molar-refractivity contribution in [2.24, 2.45) is 0 Å². The van der Waals surface area contributed by atoms with E-state index in [1.54, 1.807) is 29.8 Å². The fourth-order valence-corrected chi connectivity index (χ4v) is 4.62. The molecular weight excluding hydrogens is 424 g/mol. The van der Waals surface area contributed by atoms with Crippen LogP contribution >= 0.6 is 23.1 Å². The lowest BCUT2D eigenvalue weighted by molar-refractivity contribution is -0.387. The normalized spacial score (nSPS) is 11.2. The van der Waals surface area contributed by atoms with Crippen LogP contribution in [-0.4, -0.2) is 35.7 Å². The van der Waals surface area contributed by atoms with Crippen LogP contribution in [0.4, 0.5) is 11.4 Å². The van der Waals surface area contributed by atoms with Crippen molar-refractivity contribution in [3.05, 3.63) is 63.7 Å². The highest BCUT2D eigenvalue weighted by molar-refractivity contribution is 8.01. The van der Waals surface area contributed by atoms with Crippen molar-refractivity contribution >= 4 is 50.2 Å². The molecule has 1 heterocycles. The summed E-state index contributed by atoms with van der Waals surface area (Å²) in [5, 5.41) is 21.6. The van der Waals surface area contributed by atoms with Crippen molar-refractivity contribution < 1.29 is 18.1 Å². The second kappa shape index (κ2) is 8.04. The number of aromatic nitrogens is 2. The van der Waals surface area contributed by atoms with Crippen LogP contribution in [0, 0.1) is 10.1 Å². The average molecular weight is 436 g/mol. The van der Waals surface area contributed by atoms with Gasteiger partial charge in [-0.1, -0.05) is 35.2 Å². The van der Waals surface area contributed by atoms with Crippen molar-refractivity contribution in [2.75, 3.05) is 11.6 Å². The zero-order chi connectivity index (χ0) is 20.3. The number of nitro groups is 1. The predicted octanol–water partition coefficient (Wildman–Crippen LogP) is 3.25. The number of benzene rings is 2. The lowest BCUT2D eigenvalue weighted by atomic mass is 10.2. The van der Waals surface area contributed by atoms with E-state index in [9.17, 15) is 23.3 Å². The Morgan fingerprint density at radius 1 is 1.25 bits per heavy atom. The first-order valence-corrected chi connectivity index (χ1v) is 11.2. The molecule has 3 aromatic rings. The number of nitro benzene ring substituents is 1. The van der Waals surface area contributed by atoms with Gasteiger partial charge < -0.3 is 5.32 Å². The van der Waals surface area contributed by atoms with Gasteiger partial charge in [0.2, 0.25) is 0 Å². The summed E-state index contributed by atoms with van der Waals surface area (Å²) in [5.74, 6) is -0.603. The molecule has 0 aliphatic rings. The Bertz CT molecular complexity index is 1150. The summed E-state index contributed by atoms with van der Waals surface area (Å²) < 4.78 is 24.1. The second-order valence-electron chi connectivity index (χ2n) is 5.47. The van der Waals surface area contributed by atoms with Crippen LogP contribution in [0.25, 0.3) is 0 Å². The van der Waals surface area contributed by atoms with Crippen molar-refractivity contribution in [3.63, 3.8) is 0 Å². The van der Waals surface area contributed by atoms with Gasteiger partial charge in [-0.2, -0.15) is 0 Å². The largest absolute Gasteiger partial charge is 0.321 e. The van der Waals surface area contributed by atoms with E-state index in [1.807, 2.05) is 0 Å². The third kappa shape index (κ3) is 4.52. The van der Waals surface area contributed by atoms with Gasteiger partial charge in [-0.15, -0.1) is 10.2 Å². The summed E-state index contributed by atoms with van der Waals surface area (Å²) >= 11 is 2.66. The number of carbonyl (C=O) groups excluding carboxylic acids is 1. The number of nitrogens with one attached hydrogen (secondary N) is 1. The molecule has 3 rings (SSSR count). The maximum atomic E-state index is 12.6. The number of carbonyl (C=O) groups is 1. The van der Waals surface area contributed by atoms with E-state index in [1.165, 1.54) is 29.2 Å². The quantitative estimate of drug-likeness (QED) is 0.460. The lowest BCUT2D eigenvalue weighted by Crippen LogP contribution is -2.13. The number of sulfone groups is 1. The number of hydrogen-bond donors (Lipinski definition) is 1. The minimum Gasteiger partial charge on any atom is -0.321 e. The first-order chi connectivity index (χ1) is 13.3. The van der Waals surface area contributed by atoms with Crippen LogP contribution in [0.5, 0.6) is 0 Å². The van der Waals surface area contributed by atoms with E-state index in [0.29, 0.717) is 10.0 Å². The molecule has 0 radical (unpaired) electrons. The standard InChI is InChI=1S/C16H12N4O5S3/c1-28(24,25)14-7-6-10(8-12(14)20(22)23)15(21)18-11-4-2-3-5-13(11)27-16-19-17-9-26-16/h2-9H,1H3,(H,18,21). The molecule has 0 fully saturated rings. The summed E-state index contributed by atoms with van der Waals surface area (Å²) in [7, 11) is -3.80. The molecule has 0 bridgehead atoms. The van der Waals surface area contributed by atoms with E-state index in [2.05, 4.69) is 15.5 Å². The van der Waals surface area contributed by atoms with Crippen LogP contribution in [-0.2, 0) is 9.84 Å².